The molecule has 2 aliphatic heterocycles. The Balaban J connectivity index is 1.65. The summed E-state index contributed by atoms with van der Waals surface area (Å²) in [5.41, 5.74) is 8.12. The number of anilines is 2. The molecule has 2 N–H and O–H groups in total. The van der Waals surface area contributed by atoms with Crippen LogP contribution in [-0.4, -0.2) is 30.4 Å². The number of amides is 1. The number of amidine groups is 1. The Kier molecular flexibility index (Phi) is 4.00. The molecule has 1 saturated carbocycles. The lowest BCUT2D eigenvalue weighted by molar-refractivity contribution is -0.122. The number of hydrogen-bond donors (Lipinski definition) is 2. The molecule has 28 heavy (non-hydrogen) atoms. The molecule has 0 radical (unpaired) electrons. The number of hydrazone groups is 1. The second-order valence-corrected chi connectivity index (χ2v) is 7.79. The monoisotopic (exact) mass is 376 g/mol. The summed E-state index contributed by atoms with van der Waals surface area (Å²) in [5.74, 6) is 1.42. The van der Waals surface area contributed by atoms with E-state index in [1.54, 1.807) is 0 Å². The minimum atomic E-state index is -0.323. The number of rotatable bonds is 3. The summed E-state index contributed by atoms with van der Waals surface area (Å²) in [4.78, 5) is 14.2. The summed E-state index contributed by atoms with van der Waals surface area (Å²) in [7, 11) is 0. The summed E-state index contributed by atoms with van der Waals surface area (Å²) >= 11 is 0. The van der Waals surface area contributed by atoms with Gasteiger partial charge in [0.2, 0.25) is 0 Å². The number of carbonyl (C=O) groups excluding carboxylic acids is 1. The SMILES string of the molecule is Cc1ccccc1-c1cc2c(cc1NC1CCC1)N1C(=NNC(=O)[C@H]1C)CO2. The molecule has 0 spiro atoms. The number of aryl methyl sites for hydroxylation is 1. The van der Waals surface area contributed by atoms with Crippen LogP contribution in [0.4, 0.5) is 11.4 Å². The van der Waals surface area contributed by atoms with Gasteiger partial charge in [0, 0.05) is 17.3 Å². The molecule has 6 heteroatoms. The van der Waals surface area contributed by atoms with Crippen LogP contribution in [0.15, 0.2) is 41.5 Å². The van der Waals surface area contributed by atoms with Crippen molar-refractivity contribution in [1.82, 2.24) is 5.43 Å². The molecule has 0 saturated heterocycles. The maximum absolute atomic E-state index is 12.2. The van der Waals surface area contributed by atoms with Crippen LogP contribution >= 0.6 is 0 Å². The van der Waals surface area contributed by atoms with Crippen molar-refractivity contribution >= 4 is 23.1 Å². The van der Waals surface area contributed by atoms with Crippen molar-refractivity contribution in [2.24, 2.45) is 5.10 Å². The molecule has 5 rings (SSSR count). The van der Waals surface area contributed by atoms with Crippen LogP contribution in [0.2, 0.25) is 0 Å². The molecule has 6 nitrogen and oxygen atoms in total. The first-order chi connectivity index (χ1) is 13.6. The van der Waals surface area contributed by atoms with Gasteiger partial charge < -0.3 is 15.0 Å². The van der Waals surface area contributed by atoms with Gasteiger partial charge in [0.05, 0.1) is 5.69 Å². The molecule has 0 bridgehead atoms. The number of hydrogen-bond acceptors (Lipinski definition) is 5. The van der Waals surface area contributed by atoms with E-state index in [0.29, 0.717) is 12.6 Å². The standard InChI is InChI=1S/C22H24N4O2/c1-13-6-3-4-9-16(13)17-10-20-19(11-18(17)23-15-7-5-8-15)26-14(2)22(27)25-24-21(26)12-28-20/h3-4,6,9-11,14-15,23H,5,7-8,12H2,1-2H3,(H,25,27)/t14-/m1/s1. The highest BCUT2D eigenvalue weighted by Gasteiger charge is 2.36. The van der Waals surface area contributed by atoms with Crippen molar-refractivity contribution in [3.63, 3.8) is 0 Å². The van der Waals surface area contributed by atoms with Crippen LogP contribution in [-0.2, 0) is 4.79 Å². The van der Waals surface area contributed by atoms with E-state index in [0.717, 1.165) is 28.5 Å². The van der Waals surface area contributed by atoms with Crippen molar-refractivity contribution in [3.05, 3.63) is 42.0 Å². The third-order valence-electron chi connectivity index (χ3n) is 5.96. The predicted molar refractivity (Wildman–Crippen MR) is 111 cm³/mol. The van der Waals surface area contributed by atoms with E-state index in [-0.39, 0.29) is 11.9 Å². The summed E-state index contributed by atoms with van der Waals surface area (Å²) in [6.45, 7) is 4.37. The fourth-order valence-corrected chi connectivity index (χ4v) is 4.06. The third kappa shape index (κ3) is 2.71. The molecule has 1 atom stereocenters. The van der Waals surface area contributed by atoms with Gasteiger partial charge in [-0.15, -0.1) is 0 Å². The number of nitrogens with zero attached hydrogens (tertiary/aromatic N) is 2. The lowest BCUT2D eigenvalue weighted by Crippen LogP contribution is -2.55. The fourth-order valence-electron chi connectivity index (χ4n) is 4.06. The van der Waals surface area contributed by atoms with Crippen molar-refractivity contribution in [2.45, 2.75) is 45.2 Å². The van der Waals surface area contributed by atoms with Crippen molar-refractivity contribution in [3.8, 4) is 16.9 Å². The molecule has 1 fully saturated rings. The highest BCUT2D eigenvalue weighted by Crippen LogP contribution is 2.44. The van der Waals surface area contributed by atoms with Crippen molar-refractivity contribution < 1.29 is 9.53 Å². The molecule has 0 aromatic heterocycles. The maximum atomic E-state index is 12.2. The van der Waals surface area contributed by atoms with Gasteiger partial charge >= 0.3 is 0 Å². The van der Waals surface area contributed by atoms with Crippen LogP contribution in [0.1, 0.15) is 31.7 Å². The minimum Gasteiger partial charge on any atom is -0.483 e. The minimum absolute atomic E-state index is 0.104. The van der Waals surface area contributed by atoms with E-state index in [4.69, 9.17) is 4.74 Å². The average Bonchev–Trinajstić information content (AvgIpc) is 2.67. The lowest BCUT2D eigenvalue weighted by Gasteiger charge is -2.39. The molecule has 0 unspecified atom stereocenters. The average molecular weight is 376 g/mol. The number of ether oxygens (including phenoxy) is 1. The van der Waals surface area contributed by atoms with Gasteiger partial charge in [0.25, 0.3) is 5.91 Å². The number of fused-ring (bicyclic) bond motifs is 3. The van der Waals surface area contributed by atoms with Crippen LogP contribution in [0.5, 0.6) is 5.75 Å². The molecule has 2 aromatic rings. The largest absolute Gasteiger partial charge is 0.483 e. The highest BCUT2D eigenvalue weighted by atomic mass is 16.5. The maximum Gasteiger partial charge on any atom is 0.262 e. The zero-order valence-corrected chi connectivity index (χ0v) is 16.2. The number of benzene rings is 2. The van der Waals surface area contributed by atoms with Gasteiger partial charge in [0.15, 0.2) is 5.84 Å². The Morgan fingerprint density at radius 3 is 2.79 bits per heavy atom. The van der Waals surface area contributed by atoms with E-state index in [1.807, 2.05) is 11.8 Å². The van der Waals surface area contributed by atoms with Gasteiger partial charge in [-0.3, -0.25) is 4.79 Å². The molecular weight excluding hydrogens is 352 g/mol. The second-order valence-electron chi connectivity index (χ2n) is 7.79. The van der Waals surface area contributed by atoms with Crippen molar-refractivity contribution in [1.29, 1.82) is 0 Å². The molecule has 144 valence electrons. The predicted octanol–water partition coefficient (Wildman–Crippen LogP) is 3.66. The van der Waals surface area contributed by atoms with Crippen LogP contribution < -0.4 is 20.4 Å². The van der Waals surface area contributed by atoms with Gasteiger partial charge in [-0.05, 0) is 56.4 Å². The van der Waals surface area contributed by atoms with Gasteiger partial charge in [-0.25, -0.2) is 5.43 Å². The lowest BCUT2D eigenvalue weighted by atomic mass is 9.91. The first kappa shape index (κ1) is 17.1. The van der Waals surface area contributed by atoms with Gasteiger partial charge in [-0.1, -0.05) is 24.3 Å². The Morgan fingerprint density at radius 1 is 1.21 bits per heavy atom. The zero-order chi connectivity index (χ0) is 19.3. The van der Waals surface area contributed by atoms with E-state index < -0.39 is 0 Å². The van der Waals surface area contributed by atoms with E-state index in [9.17, 15) is 4.79 Å². The van der Waals surface area contributed by atoms with Gasteiger partial charge in [0.1, 0.15) is 18.4 Å². The van der Waals surface area contributed by atoms with Crippen LogP contribution in [0, 0.1) is 6.92 Å². The first-order valence-electron chi connectivity index (χ1n) is 9.91. The number of nitrogens with one attached hydrogen (secondary N) is 2. The summed E-state index contributed by atoms with van der Waals surface area (Å²) in [6, 6.07) is 12.8. The smallest absolute Gasteiger partial charge is 0.262 e. The Morgan fingerprint density at radius 2 is 2.04 bits per heavy atom. The zero-order valence-electron chi connectivity index (χ0n) is 16.2. The summed E-state index contributed by atoms with van der Waals surface area (Å²) in [6.07, 6.45) is 3.65. The topological polar surface area (TPSA) is 66.0 Å². The van der Waals surface area contributed by atoms with E-state index >= 15 is 0 Å². The fraction of sp³-hybridized carbons (Fsp3) is 0.364. The molecule has 1 amide bonds. The normalized spacial score (nSPS) is 20.9. The molecular formula is C22H24N4O2. The van der Waals surface area contributed by atoms with Crippen LogP contribution in [0.25, 0.3) is 11.1 Å². The summed E-state index contributed by atoms with van der Waals surface area (Å²) in [5, 5.41) is 7.91. The van der Waals surface area contributed by atoms with E-state index in [2.05, 4.69) is 59.2 Å². The second kappa shape index (κ2) is 6.55. The third-order valence-corrected chi connectivity index (χ3v) is 5.96. The molecule has 3 aliphatic rings. The molecule has 1 aliphatic carbocycles. The Bertz CT molecular complexity index is 980. The van der Waals surface area contributed by atoms with E-state index in [1.165, 1.54) is 30.4 Å². The Hall–Kier alpha value is -3.02. The Labute approximate surface area is 164 Å². The molecule has 2 heterocycles. The quantitative estimate of drug-likeness (QED) is 0.858. The molecule has 2 aromatic carbocycles. The van der Waals surface area contributed by atoms with Crippen LogP contribution in [0.3, 0.4) is 0 Å². The highest BCUT2D eigenvalue weighted by molar-refractivity contribution is 6.10. The summed E-state index contributed by atoms with van der Waals surface area (Å²) < 4.78 is 6.03. The first-order valence-corrected chi connectivity index (χ1v) is 9.91. The van der Waals surface area contributed by atoms with Gasteiger partial charge in [-0.2, -0.15) is 5.10 Å². The van der Waals surface area contributed by atoms with Crippen molar-refractivity contribution in [2.75, 3.05) is 16.8 Å². The number of carbonyl (C=O) groups is 1.